The lowest BCUT2D eigenvalue weighted by atomic mass is 10.1. The molecule has 1 aliphatic rings. The molecule has 1 aliphatic carbocycles. The summed E-state index contributed by atoms with van der Waals surface area (Å²) in [6, 6.07) is 1.59. The molecule has 0 unspecified atom stereocenters. The van der Waals surface area contributed by atoms with Gasteiger partial charge in [0.25, 0.3) is 5.56 Å². The van der Waals surface area contributed by atoms with Crippen molar-refractivity contribution in [3.63, 3.8) is 0 Å². The molecule has 0 radical (unpaired) electrons. The maximum absolute atomic E-state index is 11.6. The molecular formula is C13H21N3O. The second-order valence-electron chi connectivity index (χ2n) is 5.37. The number of anilines is 1. The normalized spacial score (nSPS) is 15.3. The third-order valence-corrected chi connectivity index (χ3v) is 3.14. The van der Waals surface area contributed by atoms with Crippen LogP contribution in [0.3, 0.4) is 0 Å². The Morgan fingerprint density at radius 3 is 2.82 bits per heavy atom. The van der Waals surface area contributed by atoms with Crippen molar-refractivity contribution in [1.82, 2.24) is 9.97 Å². The first-order chi connectivity index (χ1) is 8.06. The number of H-pyrrole nitrogens is 1. The highest BCUT2D eigenvalue weighted by atomic mass is 16.1. The molecule has 0 saturated heterocycles. The summed E-state index contributed by atoms with van der Waals surface area (Å²) in [5, 5.41) is 0. The molecule has 0 aromatic carbocycles. The fraction of sp³-hybridized carbons (Fsp3) is 0.692. The Balaban J connectivity index is 2.11. The van der Waals surface area contributed by atoms with Crippen molar-refractivity contribution in [3.05, 3.63) is 22.2 Å². The molecule has 1 aromatic rings. The van der Waals surface area contributed by atoms with Gasteiger partial charge in [0.05, 0.1) is 0 Å². The summed E-state index contributed by atoms with van der Waals surface area (Å²) in [4.78, 5) is 21.0. The van der Waals surface area contributed by atoms with Gasteiger partial charge in [-0.05, 0) is 25.2 Å². The SMILES string of the molecule is CC(C)CCN(C)c1cc(=O)[nH]c(C2CC2)n1. The maximum Gasteiger partial charge on any atom is 0.252 e. The minimum Gasteiger partial charge on any atom is -0.359 e. The largest absolute Gasteiger partial charge is 0.359 e. The van der Waals surface area contributed by atoms with Crippen LogP contribution in [0, 0.1) is 5.92 Å². The van der Waals surface area contributed by atoms with Crippen LogP contribution >= 0.6 is 0 Å². The van der Waals surface area contributed by atoms with Crippen LogP contribution in [0.5, 0.6) is 0 Å². The van der Waals surface area contributed by atoms with Crippen LogP contribution < -0.4 is 10.5 Å². The average Bonchev–Trinajstić information content (AvgIpc) is 3.08. The summed E-state index contributed by atoms with van der Waals surface area (Å²) < 4.78 is 0. The minimum absolute atomic E-state index is 0.0340. The lowest BCUT2D eigenvalue weighted by molar-refractivity contribution is 0.583. The Bertz CT molecular complexity index is 435. The Hall–Kier alpha value is -1.32. The van der Waals surface area contributed by atoms with Gasteiger partial charge >= 0.3 is 0 Å². The van der Waals surface area contributed by atoms with E-state index in [9.17, 15) is 4.79 Å². The lowest BCUT2D eigenvalue weighted by Crippen LogP contribution is -2.24. The zero-order valence-corrected chi connectivity index (χ0v) is 10.9. The molecule has 4 nitrogen and oxygen atoms in total. The number of nitrogens with one attached hydrogen (secondary N) is 1. The van der Waals surface area contributed by atoms with Crippen molar-refractivity contribution < 1.29 is 0 Å². The summed E-state index contributed by atoms with van der Waals surface area (Å²) in [6.45, 7) is 5.35. The van der Waals surface area contributed by atoms with E-state index in [4.69, 9.17) is 0 Å². The van der Waals surface area contributed by atoms with Gasteiger partial charge in [0.15, 0.2) is 0 Å². The van der Waals surface area contributed by atoms with E-state index in [1.165, 1.54) is 0 Å². The van der Waals surface area contributed by atoms with Crippen LogP contribution in [0.25, 0.3) is 0 Å². The van der Waals surface area contributed by atoms with Gasteiger partial charge in [-0.1, -0.05) is 13.8 Å². The van der Waals surface area contributed by atoms with Crippen molar-refractivity contribution in [3.8, 4) is 0 Å². The molecule has 0 amide bonds. The van der Waals surface area contributed by atoms with E-state index in [0.29, 0.717) is 11.8 Å². The zero-order chi connectivity index (χ0) is 12.4. The van der Waals surface area contributed by atoms with Crippen molar-refractivity contribution >= 4 is 5.82 Å². The second kappa shape index (κ2) is 4.90. The highest BCUT2D eigenvalue weighted by Crippen LogP contribution is 2.37. The monoisotopic (exact) mass is 235 g/mol. The Kier molecular flexibility index (Phi) is 3.50. The second-order valence-corrected chi connectivity index (χ2v) is 5.37. The fourth-order valence-electron chi connectivity index (χ4n) is 1.78. The first kappa shape index (κ1) is 12.1. The summed E-state index contributed by atoms with van der Waals surface area (Å²) >= 11 is 0. The van der Waals surface area contributed by atoms with E-state index in [0.717, 1.165) is 37.4 Å². The molecule has 1 N–H and O–H groups in total. The van der Waals surface area contributed by atoms with Crippen molar-refractivity contribution in [1.29, 1.82) is 0 Å². The molecule has 2 rings (SSSR count). The molecule has 0 atom stereocenters. The number of aromatic nitrogens is 2. The number of hydrogen-bond donors (Lipinski definition) is 1. The van der Waals surface area contributed by atoms with Crippen LogP contribution in [0.4, 0.5) is 5.82 Å². The van der Waals surface area contributed by atoms with Crippen LogP contribution in [0.1, 0.15) is 44.9 Å². The summed E-state index contributed by atoms with van der Waals surface area (Å²) in [6.07, 6.45) is 3.42. The van der Waals surface area contributed by atoms with Gasteiger partial charge in [0.1, 0.15) is 11.6 Å². The number of hydrogen-bond acceptors (Lipinski definition) is 3. The van der Waals surface area contributed by atoms with Gasteiger partial charge in [-0.15, -0.1) is 0 Å². The van der Waals surface area contributed by atoms with E-state index >= 15 is 0 Å². The van der Waals surface area contributed by atoms with Gasteiger partial charge in [-0.3, -0.25) is 4.79 Å². The van der Waals surface area contributed by atoms with Gasteiger partial charge < -0.3 is 9.88 Å². The molecular weight excluding hydrogens is 214 g/mol. The Morgan fingerprint density at radius 2 is 2.24 bits per heavy atom. The van der Waals surface area contributed by atoms with E-state index in [-0.39, 0.29) is 5.56 Å². The smallest absolute Gasteiger partial charge is 0.252 e. The van der Waals surface area contributed by atoms with Crippen molar-refractivity contribution in [2.45, 2.75) is 39.0 Å². The molecule has 1 saturated carbocycles. The molecule has 0 aliphatic heterocycles. The molecule has 1 aromatic heterocycles. The summed E-state index contributed by atoms with van der Waals surface area (Å²) in [5.74, 6) is 2.82. The third-order valence-electron chi connectivity index (χ3n) is 3.14. The Labute approximate surface area is 102 Å². The lowest BCUT2D eigenvalue weighted by Gasteiger charge is -2.19. The van der Waals surface area contributed by atoms with Crippen LogP contribution in [-0.2, 0) is 0 Å². The van der Waals surface area contributed by atoms with Crippen LogP contribution in [0.2, 0.25) is 0 Å². The average molecular weight is 235 g/mol. The molecule has 0 spiro atoms. The standard InChI is InChI=1S/C13H21N3O/c1-9(2)6-7-16(3)11-8-12(17)15-13(14-11)10-4-5-10/h8-10H,4-7H2,1-3H3,(H,14,15,17). The number of nitrogens with zero attached hydrogens (tertiary/aromatic N) is 2. The highest BCUT2D eigenvalue weighted by Gasteiger charge is 2.26. The molecule has 0 bridgehead atoms. The van der Waals surface area contributed by atoms with Crippen LogP contribution in [0.15, 0.2) is 10.9 Å². The van der Waals surface area contributed by atoms with E-state index < -0.39 is 0 Å². The van der Waals surface area contributed by atoms with Gasteiger partial charge in [0.2, 0.25) is 0 Å². The highest BCUT2D eigenvalue weighted by molar-refractivity contribution is 5.36. The molecule has 17 heavy (non-hydrogen) atoms. The van der Waals surface area contributed by atoms with E-state index in [1.807, 2.05) is 7.05 Å². The van der Waals surface area contributed by atoms with Crippen molar-refractivity contribution in [2.75, 3.05) is 18.5 Å². The predicted octanol–water partition coefficient (Wildman–Crippen LogP) is 2.13. The molecule has 94 valence electrons. The van der Waals surface area contributed by atoms with Crippen LogP contribution in [-0.4, -0.2) is 23.6 Å². The fourth-order valence-corrected chi connectivity index (χ4v) is 1.78. The first-order valence-corrected chi connectivity index (χ1v) is 6.38. The van der Waals surface area contributed by atoms with Gasteiger partial charge in [-0.25, -0.2) is 4.98 Å². The van der Waals surface area contributed by atoms with Gasteiger partial charge in [-0.2, -0.15) is 0 Å². The molecule has 1 heterocycles. The molecule has 4 heteroatoms. The summed E-state index contributed by atoms with van der Waals surface area (Å²) in [5.41, 5.74) is -0.0340. The maximum atomic E-state index is 11.6. The van der Waals surface area contributed by atoms with Crippen molar-refractivity contribution in [2.24, 2.45) is 5.92 Å². The van der Waals surface area contributed by atoms with E-state index in [2.05, 4.69) is 28.7 Å². The third kappa shape index (κ3) is 3.32. The molecule has 1 fully saturated rings. The first-order valence-electron chi connectivity index (χ1n) is 6.38. The minimum atomic E-state index is -0.0340. The zero-order valence-electron chi connectivity index (χ0n) is 10.9. The predicted molar refractivity (Wildman–Crippen MR) is 69.6 cm³/mol. The topological polar surface area (TPSA) is 49.0 Å². The number of aromatic amines is 1. The summed E-state index contributed by atoms with van der Waals surface area (Å²) in [7, 11) is 2.00. The Morgan fingerprint density at radius 1 is 1.53 bits per heavy atom. The number of rotatable bonds is 5. The quantitative estimate of drug-likeness (QED) is 0.850. The van der Waals surface area contributed by atoms with Gasteiger partial charge in [0, 0.05) is 25.6 Å². The van der Waals surface area contributed by atoms with E-state index in [1.54, 1.807) is 6.07 Å².